The monoisotopic (exact) mass is 291 g/mol. The van der Waals surface area contributed by atoms with Gasteiger partial charge >= 0.3 is 5.97 Å². The predicted molar refractivity (Wildman–Crippen MR) is 66.3 cm³/mol. The lowest BCUT2D eigenvalue weighted by Gasteiger charge is -2.21. The number of thioether (sulfide) groups is 1. The van der Waals surface area contributed by atoms with E-state index in [4.69, 9.17) is 9.52 Å². The van der Waals surface area contributed by atoms with E-state index in [9.17, 15) is 13.2 Å². The van der Waals surface area contributed by atoms with E-state index in [1.807, 2.05) is 0 Å². The summed E-state index contributed by atoms with van der Waals surface area (Å²) in [5.41, 5.74) is 0. The molecule has 1 aromatic heterocycles. The topological polar surface area (TPSA) is 96.6 Å². The third-order valence-electron chi connectivity index (χ3n) is 2.60. The van der Waals surface area contributed by atoms with Crippen molar-refractivity contribution in [2.24, 2.45) is 0 Å². The van der Waals surface area contributed by atoms with Gasteiger partial charge < -0.3 is 9.52 Å². The summed E-state index contributed by atoms with van der Waals surface area (Å²) in [6.45, 7) is 0. The average molecular weight is 291 g/mol. The highest BCUT2D eigenvalue weighted by Gasteiger charge is 2.25. The molecule has 0 radical (unpaired) electrons. The molecule has 6 nitrogen and oxygen atoms in total. The molecule has 0 unspecified atom stereocenters. The van der Waals surface area contributed by atoms with Crippen molar-refractivity contribution in [1.29, 1.82) is 0 Å². The zero-order valence-corrected chi connectivity index (χ0v) is 11.1. The molecule has 0 amide bonds. The van der Waals surface area contributed by atoms with Gasteiger partial charge in [-0.05, 0) is 36.5 Å². The van der Waals surface area contributed by atoms with Crippen LogP contribution in [-0.2, 0) is 10.0 Å². The summed E-state index contributed by atoms with van der Waals surface area (Å²) in [4.78, 5) is 10.6. The first-order chi connectivity index (χ1) is 8.49. The molecule has 1 aliphatic rings. The van der Waals surface area contributed by atoms with E-state index in [-0.39, 0.29) is 16.9 Å². The zero-order valence-electron chi connectivity index (χ0n) is 9.46. The Morgan fingerprint density at radius 1 is 1.39 bits per heavy atom. The van der Waals surface area contributed by atoms with Crippen LogP contribution in [0.1, 0.15) is 23.4 Å². The minimum atomic E-state index is -3.76. The lowest BCUT2D eigenvalue weighted by atomic mass is 10.2. The molecule has 8 heteroatoms. The highest BCUT2D eigenvalue weighted by atomic mass is 32.2. The fourth-order valence-electron chi connectivity index (χ4n) is 1.67. The quantitative estimate of drug-likeness (QED) is 0.864. The van der Waals surface area contributed by atoms with E-state index in [1.165, 1.54) is 0 Å². The molecule has 0 aliphatic carbocycles. The second kappa shape index (κ2) is 5.33. The molecule has 0 saturated carbocycles. The molecule has 1 fully saturated rings. The molecule has 2 N–H and O–H groups in total. The summed E-state index contributed by atoms with van der Waals surface area (Å²) in [6.07, 6.45) is 1.55. The number of hydrogen-bond donors (Lipinski definition) is 2. The van der Waals surface area contributed by atoms with Crippen molar-refractivity contribution in [3.8, 4) is 0 Å². The number of rotatable bonds is 4. The van der Waals surface area contributed by atoms with Gasteiger partial charge in [0.2, 0.25) is 10.9 Å². The lowest BCUT2D eigenvalue weighted by molar-refractivity contribution is 0.0656. The van der Waals surface area contributed by atoms with E-state index in [1.54, 1.807) is 11.8 Å². The van der Waals surface area contributed by atoms with E-state index in [2.05, 4.69) is 4.72 Å². The summed E-state index contributed by atoms with van der Waals surface area (Å²) in [5.74, 6) is 0.178. The number of carboxylic acid groups (broad SMARTS) is 1. The van der Waals surface area contributed by atoms with Crippen LogP contribution < -0.4 is 4.72 Å². The van der Waals surface area contributed by atoms with Crippen molar-refractivity contribution in [1.82, 2.24) is 4.72 Å². The molecular weight excluding hydrogens is 278 g/mol. The normalized spacial score (nSPS) is 17.8. The van der Waals surface area contributed by atoms with Gasteiger partial charge in [0.05, 0.1) is 0 Å². The van der Waals surface area contributed by atoms with E-state index < -0.39 is 16.0 Å². The molecule has 18 heavy (non-hydrogen) atoms. The van der Waals surface area contributed by atoms with Gasteiger partial charge in [-0.1, -0.05) is 0 Å². The van der Waals surface area contributed by atoms with Crippen molar-refractivity contribution >= 4 is 27.8 Å². The highest BCUT2D eigenvalue weighted by Crippen LogP contribution is 2.20. The van der Waals surface area contributed by atoms with E-state index in [0.717, 1.165) is 36.5 Å². The first-order valence-electron chi connectivity index (χ1n) is 5.42. The molecule has 2 rings (SSSR count). The standard InChI is InChI=1S/C10H13NO5S2/c12-10(13)8-1-2-9(16-8)18(14,15)11-7-3-5-17-6-4-7/h1-2,7,11H,3-6H2,(H,12,13). The van der Waals surface area contributed by atoms with Crippen LogP contribution in [0.3, 0.4) is 0 Å². The average Bonchev–Trinajstić information content (AvgIpc) is 2.79. The Kier molecular flexibility index (Phi) is 3.98. The fraction of sp³-hybridized carbons (Fsp3) is 0.500. The summed E-state index contributed by atoms with van der Waals surface area (Å²) in [6, 6.07) is 2.19. The van der Waals surface area contributed by atoms with Crippen LogP contribution in [0.15, 0.2) is 21.6 Å². The molecule has 2 heterocycles. The van der Waals surface area contributed by atoms with Crippen molar-refractivity contribution in [2.45, 2.75) is 24.0 Å². The molecule has 0 spiro atoms. The third kappa shape index (κ3) is 3.06. The van der Waals surface area contributed by atoms with Crippen molar-refractivity contribution in [2.75, 3.05) is 11.5 Å². The van der Waals surface area contributed by atoms with Crippen LogP contribution in [0, 0.1) is 0 Å². The Labute approximate surface area is 109 Å². The van der Waals surface area contributed by atoms with Gasteiger partial charge in [0.1, 0.15) is 0 Å². The number of furan rings is 1. The Morgan fingerprint density at radius 3 is 2.61 bits per heavy atom. The van der Waals surface area contributed by atoms with Crippen molar-refractivity contribution in [3.63, 3.8) is 0 Å². The zero-order chi connectivity index (χ0) is 13.2. The molecule has 0 bridgehead atoms. The maximum Gasteiger partial charge on any atom is 0.371 e. The van der Waals surface area contributed by atoms with Crippen LogP contribution in [0.5, 0.6) is 0 Å². The van der Waals surface area contributed by atoms with Gasteiger partial charge in [0, 0.05) is 6.04 Å². The first kappa shape index (κ1) is 13.4. The second-order valence-corrected chi connectivity index (χ2v) is 6.80. The number of nitrogens with one attached hydrogen (secondary N) is 1. The van der Waals surface area contributed by atoms with Crippen LogP contribution in [0.25, 0.3) is 0 Å². The minimum absolute atomic E-state index is 0.102. The Morgan fingerprint density at radius 2 is 2.06 bits per heavy atom. The van der Waals surface area contributed by atoms with E-state index in [0.29, 0.717) is 0 Å². The summed E-state index contributed by atoms with van der Waals surface area (Å²) in [7, 11) is -3.76. The van der Waals surface area contributed by atoms with Gasteiger partial charge in [-0.25, -0.2) is 17.9 Å². The van der Waals surface area contributed by atoms with Gasteiger partial charge in [-0.3, -0.25) is 0 Å². The van der Waals surface area contributed by atoms with Crippen molar-refractivity contribution < 1.29 is 22.7 Å². The van der Waals surface area contributed by atoms with Gasteiger partial charge in [0.25, 0.3) is 10.0 Å². The summed E-state index contributed by atoms with van der Waals surface area (Å²) in [5, 5.41) is 8.32. The maximum atomic E-state index is 11.9. The fourth-order valence-corrected chi connectivity index (χ4v) is 4.02. The second-order valence-electron chi connectivity index (χ2n) is 3.93. The molecule has 0 aromatic carbocycles. The van der Waals surface area contributed by atoms with Gasteiger partial charge in [0.15, 0.2) is 0 Å². The van der Waals surface area contributed by atoms with Gasteiger partial charge in [-0.2, -0.15) is 11.8 Å². The van der Waals surface area contributed by atoms with Crippen molar-refractivity contribution in [3.05, 3.63) is 17.9 Å². The number of carboxylic acids is 1. The number of hydrogen-bond acceptors (Lipinski definition) is 5. The van der Waals surface area contributed by atoms with Crippen LogP contribution in [0.4, 0.5) is 0 Å². The SMILES string of the molecule is O=C(O)c1ccc(S(=O)(=O)NC2CCSCC2)o1. The smallest absolute Gasteiger partial charge is 0.371 e. The Balaban J connectivity index is 2.11. The minimum Gasteiger partial charge on any atom is -0.475 e. The molecular formula is C10H13NO5S2. The predicted octanol–water partition coefficient (Wildman–Crippen LogP) is 1.15. The van der Waals surface area contributed by atoms with Crippen LogP contribution >= 0.6 is 11.8 Å². The van der Waals surface area contributed by atoms with E-state index >= 15 is 0 Å². The van der Waals surface area contributed by atoms with Crippen LogP contribution in [-0.4, -0.2) is 37.0 Å². The third-order valence-corrected chi connectivity index (χ3v) is 5.04. The molecule has 1 saturated heterocycles. The summed E-state index contributed by atoms with van der Waals surface area (Å²) < 4.78 is 31.2. The number of aromatic carboxylic acids is 1. The highest BCUT2D eigenvalue weighted by molar-refractivity contribution is 7.99. The van der Waals surface area contributed by atoms with Gasteiger partial charge in [-0.15, -0.1) is 0 Å². The Hall–Kier alpha value is -0.990. The molecule has 100 valence electrons. The Bertz CT molecular complexity index is 530. The summed E-state index contributed by atoms with van der Waals surface area (Å²) >= 11 is 1.79. The maximum absolute atomic E-state index is 11.9. The number of carbonyl (C=O) groups is 1. The number of sulfonamides is 1. The largest absolute Gasteiger partial charge is 0.475 e. The molecule has 1 aromatic rings. The lowest BCUT2D eigenvalue weighted by Crippen LogP contribution is -2.37. The van der Waals surface area contributed by atoms with Crippen LogP contribution in [0.2, 0.25) is 0 Å². The molecule has 0 atom stereocenters. The molecule has 1 aliphatic heterocycles. The first-order valence-corrected chi connectivity index (χ1v) is 8.06.